The fraction of sp³-hybridized carbons (Fsp3) is 0.900. The molecule has 0 aliphatic rings. The average molecular weight is 478 g/mol. The first-order valence-corrected chi connectivity index (χ1v) is 13.8. The smallest absolute Gasteiger partial charge is 0.343 e. The summed E-state index contributed by atoms with van der Waals surface area (Å²) >= 11 is 7.07. The predicted molar refractivity (Wildman–Crippen MR) is 124 cm³/mol. The van der Waals surface area contributed by atoms with Gasteiger partial charge < -0.3 is 23.6 Å². The van der Waals surface area contributed by atoms with Crippen LogP contribution in [-0.2, 0) is 31.3 Å². The zero-order valence-electron chi connectivity index (χ0n) is 18.0. The van der Waals surface area contributed by atoms with E-state index >= 15 is 0 Å². The van der Waals surface area contributed by atoms with E-state index in [0.717, 1.165) is 24.7 Å². The molecule has 6 heteroatoms. The third kappa shape index (κ3) is 63.7. The molecule has 2 N–H and O–H groups in total. The molecule has 0 radical (unpaired) electrons. The van der Waals surface area contributed by atoms with Crippen LogP contribution < -0.4 is 0 Å². The van der Waals surface area contributed by atoms with Gasteiger partial charge in [0, 0.05) is 0 Å². The molecule has 0 heterocycles. The van der Waals surface area contributed by atoms with Gasteiger partial charge in [0.15, 0.2) is 0 Å². The van der Waals surface area contributed by atoms with Crippen LogP contribution >= 0.6 is 17.9 Å². The molecule has 0 aromatic carbocycles. The Morgan fingerprint density at radius 1 is 0.731 bits per heavy atom. The molecule has 0 saturated carbocycles. The van der Waals surface area contributed by atoms with Gasteiger partial charge >= 0.3 is 19.5 Å². The summed E-state index contributed by atoms with van der Waals surface area (Å²) in [7, 11) is 0. The summed E-state index contributed by atoms with van der Waals surface area (Å²) in [6.45, 7) is 16.8. The largest absolute Gasteiger partial charge is 2.00 e. The summed E-state index contributed by atoms with van der Waals surface area (Å²) in [5.41, 5.74) is -3.11. The molecule has 0 rings (SSSR count). The molecular formula is C20H45O2PS2Zn. The number of rotatable bonds is 12. The Morgan fingerprint density at radius 2 is 0.962 bits per heavy atom. The normalized spacial score (nSPS) is 10.6. The van der Waals surface area contributed by atoms with Crippen molar-refractivity contribution >= 4 is 29.7 Å². The summed E-state index contributed by atoms with van der Waals surface area (Å²) in [5.74, 6) is 1.78. The van der Waals surface area contributed by atoms with Crippen molar-refractivity contribution in [3.05, 3.63) is 13.8 Å². The molecule has 0 fully saturated rings. The van der Waals surface area contributed by atoms with E-state index in [2.05, 4.69) is 65.6 Å². The quantitative estimate of drug-likeness (QED) is 0.0884. The Hall–Kier alpha value is 1.54. The minimum Gasteiger partial charge on any atom is -0.343 e. The van der Waals surface area contributed by atoms with Gasteiger partial charge in [-0.15, -0.1) is 0 Å². The van der Waals surface area contributed by atoms with Gasteiger partial charge in [-0.05, 0) is 23.6 Å². The third-order valence-electron chi connectivity index (χ3n) is 3.56. The van der Waals surface area contributed by atoms with Gasteiger partial charge in [0.1, 0.15) is 0 Å². The molecule has 0 atom stereocenters. The zero-order chi connectivity index (χ0) is 20.1. The second-order valence-electron chi connectivity index (χ2n) is 7.41. The Kier molecular flexibility index (Phi) is 35.7. The van der Waals surface area contributed by atoms with Crippen LogP contribution in [0.5, 0.6) is 0 Å². The van der Waals surface area contributed by atoms with Crippen molar-refractivity contribution in [2.24, 2.45) is 11.8 Å². The molecular weight excluding hydrogens is 433 g/mol. The SMILES string of the molecule is OP(O)(=S)S.[CH2-]CCCCCCC(C)C.[CH2-]CCCCCCC(C)C.[Zn+2]. The van der Waals surface area contributed by atoms with Crippen molar-refractivity contribution < 1.29 is 29.3 Å². The number of hydrogen-bond donors (Lipinski definition) is 3. The van der Waals surface area contributed by atoms with Crippen molar-refractivity contribution in [1.29, 1.82) is 0 Å². The standard InChI is InChI=1S/2C10H21.H3O2PS2.Zn/c2*1-4-5-6-7-8-9-10(2)3;1-3(2,4)5;/h2*10H,1,4-9H2,2-3H3;(H3,1,2,4,5);/q2*-1;;+2. The van der Waals surface area contributed by atoms with Gasteiger partial charge in [-0.2, -0.15) is 12.8 Å². The average Bonchev–Trinajstić information content (AvgIpc) is 2.45. The summed E-state index contributed by atoms with van der Waals surface area (Å²) in [6, 6.07) is 0. The van der Waals surface area contributed by atoms with Crippen LogP contribution in [0.1, 0.15) is 105 Å². The molecule has 0 spiro atoms. The molecule has 0 saturated heterocycles. The molecule has 0 aliphatic carbocycles. The molecule has 0 aromatic rings. The number of unbranched alkanes of at least 4 members (excludes halogenated alkanes) is 8. The van der Waals surface area contributed by atoms with Gasteiger partial charge in [-0.3, -0.25) is 0 Å². The van der Waals surface area contributed by atoms with E-state index in [-0.39, 0.29) is 19.5 Å². The van der Waals surface area contributed by atoms with Gasteiger partial charge in [-0.1, -0.05) is 104 Å². The Labute approximate surface area is 188 Å². The Bertz CT molecular complexity index is 259. The van der Waals surface area contributed by atoms with Crippen LogP contribution in [0.2, 0.25) is 0 Å². The van der Waals surface area contributed by atoms with Gasteiger partial charge in [0.25, 0.3) is 0 Å². The van der Waals surface area contributed by atoms with Crippen LogP contribution in [-0.4, -0.2) is 9.79 Å². The van der Waals surface area contributed by atoms with Crippen LogP contribution in [0.25, 0.3) is 0 Å². The fourth-order valence-electron chi connectivity index (χ4n) is 2.17. The van der Waals surface area contributed by atoms with E-state index in [1.165, 1.54) is 64.2 Å². The van der Waals surface area contributed by atoms with E-state index in [9.17, 15) is 0 Å². The van der Waals surface area contributed by atoms with Gasteiger partial charge in [0.05, 0.1) is 0 Å². The summed E-state index contributed by atoms with van der Waals surface area (Å²) in [5, 5.41) is 0. The van der Waals surface area contributed by atoms with Crippen molar-refractivity contribution in [3.63, 3.8) is 0 Å². The maximum Gasteiger partial charge on any atom is 2.00 e. The molecule has 0 amide bonds. The zero-order valence-corrected chi connectivity index (χ0v) is 23.5. The molecule has 0 aliphatic heterocycles. The van der Waals surface area contributed by atoms with Crippen LogP contribution in [0.3, 0.4) is 0 Å². The van der Waals surface area contributed by atoms with Crippen molar-refractivity contribution in [1.82, 2.24) is 0 Å². The van der Waals surface area contributed by atoms with Gasteiger partial charge in [-0.25, -0.2) is 0 Å². The predicted octanol–water partition coefficient (Wildman–Crippen LogP) is 7.76. The second-order valence-corrected chi connectivity index (χ2v) is 12.5. The minimum atomic E-state index is -3.11. The van der Waals surface area contributed by atoms with E-state index < -0.39 is 5.69 Å². The first kappa shape index (κ1) is 35.0. The third-order valence-corrected chi connectivity index (χ3v) is 3.56. The monoisotopic (exact) mass is 476 g/mol. The molecule has 0 aromatic heterocycles. The van der Waals surface area contributed by atoms with E-state index in [4.69, 9.17) is 9.79 Å². The molecule has 0 bridgehead atoms. The summed E-state index contributed by atoms with van der Waals surface area (Å²) in [4.78, 5) is 15.7. The van der Waals surface area contributed by atoms with Gasteiger partial charge in [0.2, 0.25) is 5.69 Å². The van der Waals surface area contributed by atoms with Crippen molar-refractivity contribution in [2.45, 2.75) is 105 Å². The summed E-state index contributed by atoms with van der Waals surface area (Å²) < 4.78 is 0. The first-order valence-electron chi connectivity index (χ1n) is 9.91. The van der Waals surface area contributed by atoms with E-state index in [1.807, 2.05) is 0 Å². The van der Waals surface area contributed by atoms with Crippen LogP contribution in [0.4, 0.5) is 0 Å². The number of hydrogen-bond acceptors (Lipinski definition) is 1. The molecule has 156 valence electrons. The van der Waals surface area contributed by atoms with Crippen LogP contribution in [0.15, 0.2) is 0 Å². The molecule has 0 unspecified atom stereocenters. The fourth-order valence-corrected chi connectivity index (χ4v) is 2.17. The minimum absolute atomic E-state index is 0. The Morgan fingerprint density at radius 3 is 1.15 bits per heavy atom. The molecule has 26 heavy (non-hydrogen) atoms. The summed E-state index contributed by atoms with van der Waals surface area (Å²) in [6.07, 6.45) is 16.1. The number of thiol groups is 1. The van der Waals surface area contributed by atoms with Crippen LogP contribution in [0, 0.1) is 25.7 Å². The topological polar surface area (TPSA) is 40.5 Å². The maximum atomic E-state index is 7.87. The molecule has 2 nitrogen and oxygen atoms in total. The Balaban J connectivity index is -0.000000145. The van der Waals surface area contributed by atoms with Crippen molar-refractivity contribution in [2.75, 3.05) is 0 Å². The maximum absolute atomic E-state index is 7.87. The second kappa shape index (κ2) is 26.5. The first-order chi connectivity index (χ1) is 11.5. The van der Waals surface area contributed by atoms with E-state index in [1.54, 1.807) is 0 Å². The van der Waals surface area contributed by atoms with Crippen molar-refractivity contribution in [3.8, 4) is 0 Å². The van der Waals surface area contributed by atoms with E-state index in [0.29, 0.717) is 0 Å².